The zero-order chi connectivity index (χ0) is 12.3. The second-order valence-electron chi connectivity index (χ2n) is 3.63. The minimum absolute atomic E-state index is 0.819. The molecular weight excluding hydrogens is 231 g/mol. The van der Waals surface area contributed by atoms with Crippen LogP contribution in [0.1, 0.15) is 0 Å². The predicted molar refractivity (Wildman–Crippen MR) is 74.3 cm³/mol. The monoisotopic (exact) mass is 246 g/mol. The molecule has 0 bridgehead atoms. The predicted octanol–water partition coefficient (Wildman–Crippen LogP) is 2.87. The van der Waals surface area contributed by atoms with Crippen molar-refractivity contribution in [2.75, 3.05) is 14.2 Å². The minimum Gasteiger partial charge on any atom is -0.496 e. The second kappa shape index (κ2) is 5.20. The number of ether oxygens (including phenoxy) is 2. The van der Waals surface area contributed by atoms with Gasteiger partial charge in [-0.25, -0.2) is 0 Å². The third kappa shape index (κ3) is 2.27. The van der Waals surface area contributed by atoms with E-state index < -0.39 is 0 Å². The summed E-state index contributed by atoms with van der Waals surface area (Å²) in [6.07, 6.45) is 0. The molecule has 88 valence electrons. The molecule has 0 saturated carbocycles. The average Bonchev–Trinajstić information content (AvgIpc) is 2.39. The third-order valence-corrected chi connectivity index (χ3v) is 3.09. The molecule has 1 atom stereocenters. The average molecular weight is 246 g/mol. The van der Waals surface area contributed by atoms with E-state index in [1.807, 2.05) is 42.5 Å². The van der Waals surface area contributed by atoms with E-state index in [2.05, 4.69) is 9.24 Å². The maximum atomic E-state index is 5.47. The number of rotatable bonds is 3. The Morgan fingerprint density at radius 2 is 1.59 bits per heavy atom. The first-order valence-electron chi connectivity index (χ1n) is 5.33. The lowest BCUT2D eigenvalue weighted by molar-refractivity contribution is 0.399. The van der Waals surface area contributed by atoms with Crippen molar-refractivity contribution in [2.24, 2.45) is 0 Å². The van der Waals surface area contributed by atoms with Gasteiger partial charge in [-0.15, -0.1) is 9.24 Å². The first kappa shape index (κ1) is 11.9. The van der Waals surface area contributed by atoms with Crippen LogP contribution in [0, 0.1) is 0 Å². The number of methoxy groups -OCH3 is 2. The van der Waals surface area contributed by atoms with Gasteiger partial charge in [0.05, 0.1) is 19.8 Å². The van der Waals surface area contributed by atoms with Gasteiger partial charge in [0, 0.05) is 5.30 Å². The Labute approximate surface area is 104 Å². The summed E-state index contributed by atoms with van der Waals surface area (Å²) in [6.45, 7) is 0. The van der Waals surface area contributed by atoms with Gasteiger partial charge >= 0.3 is 0 Å². The van der Waals surface area contributed by atoms with Gasteiger partial charge in [0.25, 0.3) is 0 Å². The highest BCUT2D eigenvalue weighted by molar-refractivity contribution is 7.27. The topological polar surface area (TPSA) is 18.5 Å². The summed E-state index contributed by atoms with van der Waals surface area (Å²) in [7, 11) is 6.02. The van der Waals surface area contributed by atoms with Gasteiger partial charge in [0.1, 0.15) is 11.5 Å². The molecule has 0 aliphatic heterocycles. The van der Waals surface area contributed by atoms with Crippen molar-refractivity contribution in [2.45, 2.75) is 0 Å². The Balaban J connectivity index is 2.69. The van der Waals surface area contributed by atoms with Crippen LogP contribution in [0.15, 0.2) is 42.5 Å². The molecule has 0 radical (unpaired) electrons. The molecule has 0 N–H and O–H groups in total. The van der Waals surface area contributed by atoms with Gasteiger partial charge in [0.15, 0.2) is 0 Å². The van der Waals surface area contributed by atoms with E-state index in [9.17, 15) is 0 Å². The Kier molecular flexibility index (Phi) is 3.65. The van der Waals surface area contributed by atoms with E-state index >= 15 is 0 Å². The van der Waals surface area contributed by atoms with Crippen LogP contribution in [-0.2, 0) is 0 Å². The smallest absolute Gasteiger partial charge is 0.137 e. The van der Waals surface area contributed by atoms with Crippen molar-refractivity contribution in [1.82, 2.24) is 0 Å². The lowest BCUT2D eigenvalue weighted by Gasteiger charge is -2.15. The molecule has 1 unspecified atom stereocenters. The van der Waals surface area contributed by atoms with E-state index in [0.717, 1.165) is 27.9 Å². The van der Waals surface area contributed by atoms with Crippen molar-refractivity contribution in [3.8, 4) is 22.6 Å². The normalized spacial score (nSPS) is 10.1. The van der Waals surface area contributed by atoms with Crippen molar-refractivity contribution in [3.63, 3.8) is 0 Å². The summed E-state index contributed by atoms with van der Waals surface area (Å²) < 4.78 is 10.9. The Morgan fingerprint density at radius 3 is 2.18 bits per heavy atom. The van der Waals surface area contributed by atoms with E-state index in [1.54, 1.807) is 14.2 Å². The molecule has 0 heterocycles. The quantitative estimate of drug-likeness (QED) is 0.775. The zero-order valence-electron chi connectivity index (χ0n) is 9.94. The Hall–Kier alpha value is -1.53. The highest BCUT2D eigenvalue weighted by Gasteiger charge is 2.14. The zero-order valence-corrected chi connectivity index (χ0v) is 11.1. The van der Waals surface area contributed by atoms with Crippen LogP contribution in [0.25, 0.3) is 11.1 Å². The molecule has 0 saturated heterocycles. The van der Waals surface area contributed by atoms with Crippen LogP contribution in [-0.4, -0.2) is 14.2 Å². The largest absolute Gasteiger partial charge is 0.496 e. The molecule has 17 heavy (non-hydrogen) atoms. The molecule has 0 spiro atoms. The van der Waals surface area contributed by atoms with Gasteiger partial charge < -0.3 is 9.47 Å². The van der Waals surface area contributed by atoms with Gasteiger partial charge in [-0.1, -0.05) is 30.3 Å². The molecule has 0 aliphatic carbocycles. The standard InChI is InChI=1S/C14H15O2P/c1-15-11-8-9-12(17)14(16-2)13(11)10-6-4-3-5-7-10/h3-9H,17H2,1-2H3. The second-order valence-corrected chi connectivity index (χ2v) is 4.25. The summed E-state index contributed by atoms with van der Waals surface area (Å²) in [6, 6.07) is 14.0. The van der Waals surface area contributed by atoms with Crippen molar-refractivity contribution in [3.05, 3.63) is 42.5 Å². The van der Waals surface area contributed by atoms with E-state index in [-0.39, 0.29) is 0 Å². The van der Waals surface area contributed by atoms with Crippen LogP contribution < -0.4 is 14.8 Å². The summed E-state index contributed by atoms with van der Waals surface area (Å²) in [4.78, 5) is 0. The van der Waals surface area contributed by atoms with Crippen molar-refractivity contribution >= 4 is 14.5 Å². The van der Waals surface area contributed by atoms with Gasteiger partial charge in [-0.2, -0.15) is 0 Å². The van der Waals surface area contributed by atoms with E-state index in [1.165, 1.54) is 0 Å². The molecule has 0 amide bonds. The first-order chi connectivity index (χ1) is 8.27. The van der Waals surface area contributed by atoms with Crippen LogP contribution >= 0.6 is 9.24 Å². The molecule has 2 aromatic rings. The van der Waals surface area contributed by atoms with E-state index in [0.29, 0.717) is 0 Å². The van der Waals surface area contributed by atoms with Gasteiger partial charge in [0.2, 0.25) is 0 Å². The molecule has 0 aliphatic rings. The van der Waals surface area contributed by atoms with Crippen LogP contribution in [0.4, 0.5) is 0 Å². The Morgan fingerprint density at radius 1 is 0.882 bits per heavy atom. The summed E-state index contributed by atoms with van der Waals surface area (Å²) >= 11 is 0. The molecule has 2 aromatic carbocycles. The molecule has 0 fully saturated rings. The molecule has 3 heteroatoms. The third-order valence-electron chi connectivity index (χ3n) is 2.64. The lowest BCUT2D eigenvalue weighted by atomic mass is 10.0. The van der Waals surface area contributed by atoms with E-state index in [4.69, 9.17) is 9.47 Å². The molecular formula is C14H15O2P. The first-order valence-corrected chi connectivity index (χ1v) is 5.91. The number of benzene rings is 2. The summed E-state index contributed by atoms with van der Waals surface area (Å²) in [5.74, 6) is 1.65. The van der Waals surface area contributed by atoms with Crippen molar-refractivity contribution in [1.29, 1.82) is 0 Å². The Bertz CT molecular complexity index is 509. The lowest BCUT2D eigenvalue weighted by Crippen LogP contribution is -2.02. The summed E-state index contributed by atoms with van der Waals surface area (Å²) in [5.41, 5.74) is 2.08. The van der Waals surface area contributed by atoms with Crippen LogP contribution in [0.2, 0.25) is 0 Å². The number of hydrogen-bond acceptors (Lipinski definition) is 2. The minimum atomic E-state index is 0.819. The maximum absolute atomic E-state index is 5.47. The molecule has 2 rings (SSSR count). The van der Waals surface area contributed by atoms with Gasteiger partial charge in [-0.3, -0.25) is 0 Å². The molecule has 2 nitrogen and oxygen atoms in total. The fraction of sp³-hybridized carbons (Fsp3) is 0.143. The maximum Gasteiger partial charge on any atom is 0.137 e. The SMILES string of the molecule is COc1ccc(P)c(OC)c1-c1ccccc1. The highest BCUT2D eigenvalue weighted by Crippen LogP contribution is 2.37. The molecule has 0 aromatic heterocycles. The highest BCUT2D eigenvalue weighted by atomic mass is 31.0. The van der Waals surface area contributed by atoms with Crippen LogP contribution in [0.5, 0.6) is 11.5 Å². The summed E-state index contributed by atoms with van der Waals surface area (Å²) in [5, 5.41) is 1.02. The van der Waals surface area contributed by atoms with Gasteiger partial charge in [-0.05, 0) is 17.7 Å². The van der Waals surface area contributed by atoms with Crippen molar-refractivity contribution < 1.29 is 9.47 Å². The fourth-order valence-corrected chi connectivity index (χ4v) is 2.21. The number of hydrogen-bond donors (Lipinski definition) is 0. The van der Waals surface area contributed by atoms with Crippen LogP contribution in [0.3, 0.4) is 0 Å². The fourth-order valence-electron chi connectivity index (χ4n) is 1.85.